The maximum atomic E-state index is 12.5. The van der Waals surface area contributed by atoms with Crippen molar-refractivity contribution in [1.82, 2.24) is 26.2 Å². The van der Waals surface area contributed by atoms with Crippen LogP contribution in [0.2, 0.25) is 0 Å². The predicted octanol–water partition coefficient (Wildman–Crippen LogP) is -1.05. The maximum Gasteiger partial charge on any atom is 0.253 e. The average Bonchev–Trinajstić information content (AvgIpc) is 3.21. The van der Waals surface area contributed by atoms with Crippen molar-refractivity contribution in [1.29, 1.82) is 0 Å². The normalized spacial score (nSPS) is 13.1. The fourth-order valence-electron chi connectivity index (χ4n) is 3.49. The topological polar surface area (TPSA) is 171 Å². The summed E-state index contributed by atoms with van der Waals surface area (Å²) in [5, 5.41) is 9.85. The Kier molecular flexibility index (Phi) is 12.8. The van der Waals surface area contributed by atoms with E-state index in [0.29, 0.717) is 25.8 Å². The molecule has 0 saturated carbocycles. The second-order valence-corrected chi connectivity index (χ2v) is 9.16. The van der Waals surface area contributed by atoms with Gasteiger partial charge < -0.3 is 21.3 Å². The molecule has 2 unspecified atom stereocenters. The first kappa shape index (κ1) is 30.3. The molecule has 0 aromatic heterocycles. The largest absolute Gasteiger partial charge is 0.347 e. The van der Waals surface area contributed by atoms with Crippen molar-refractivity contribution in [2.45, 2.75) is 38.1 Å². The molecule has 2 atom stereocenters. The Balaban J connectivity index is 1.65. The lowest BCUT2D eigenvalue weighted by molar-refractivity contribution is -0.137. The van der Waals surface area contributed by atoms with Gasteiger partial charge in [-0.05, 0) is 18.4 Å². The monoisotopic (exact) mass is 545 g/mol. The van der Waals surface area contributed by atoms with Gasteiger partial charge in [0.2, 0.25) is 23.6 Å². The fraction of sp³-hybridized carbons (Fsp3) is 0.400. The van der Waals surface area contributed by atoms with Gasteiger partial charge >= 0.3 is 0 Å². The molecule has 4 N–H and O–H groups in total. The van der Waals surface area contributed by atoms with Crippen LogP contribution in [0.3, 0.4) is 0 Å². The van der Waals surface area contributed by atoms with Crippen LogP contribution < -0.4 is 21.3 Å². The van der Waals surface area contributed by atoms with Crippen LogP contribution in [0.1, 0.15) is 31.2 Å². The van der Waals surface area contributed by atoms with Gasteiger partial charge in [-0.2, -0.15) is 0 Å². The zero-order chi connectivity index (χ0) is 27.9. The summed E-state index contributed by atoms with van der Waals surface area (Å²) in [5.74, 6) is -2.74. The highest BCUT2D eigenvalue weighted by Crippen LogP contribution is 2.08. The number of imide groups is 1. The van der Waals surface area contributed by atoms with E-state index in [-0.39, 0.29) is 49.2 Å². The molecule has 2 rings (SSSR count). The molecule has 1 aromatic carbocycles. The highest BCUT2D eigenvalue weighted by Gasteiger charge is 2.23. The standard InChI is InChI=1S/C25H32N5O7P/c31-19(9-5-2-6-12-30-22(34)10-11-23(30)35)26-14-20(32)27-15-21(33)29-18(25(37)28-16-24(36)38)13-17-7-3-1-4-8-17/h1,3-4,7-8,10-11,18H,2,5-6,9,12-16,38H2,(H,26,31)(H,27,32)(H,28,37)(H,29,33). The van der Waals surface area contributed by atoms with Gasteiger partial charge in [0.1, 0.15) is 6.04 Å². The summed E-state index contributed by atoms with van der Waals surface area (Å²) in [6, 6.07) is 8.05. The van der Waals surface area contributed by atoms with Gasteiger partial charge in [-0.3, -0.25) is 38.5 Å². The van der Waals surface area contributed by atoms with Crippen LogP contribution >= 0.6 is 9.24 Å². The number of hydrogen-bond acceptors (Lipinski definition) is 7. The minimum atomic E-state index is -0.955. The van der Waals surface area contributed by atoms with Crippen LogP contribution in [0.15, 0.2) is 42.5 Å². The molecule has 0 aliphatic carbocycles. The summed E-state index contributed by atoms with van der Waals surface area (Å²) in [5.41, 5.74) is 0.483. The summed E-state index contributed by atoms with van der Waals surface area (Å²) in [7, 11) is 1.95. The van der Waals surface area contributed by atoms with E-state index < -0.39 is 30.3 Å². The van der Waals surface area contributed by atoms with Crippen LogP contribution in [0, 0.1) is 0 Å². The molecule has 204 valence electrons. The average molecular weight is 546 g/mol. The Labute approximate surface area is 222 Å². The van der Waals surface area contributed by atoms with E-state index in [9.17, 15) is 33.6 Å². The van der Waals surface area contributed by atoms with Gasteiger partial charge in [0.25, 0.3) is 11.8 Å². The Morgan fingerprint density at radius 2 is 1.39 bits per heavy atom. The second kappa shape index (κ2) is 16.0. The van der Waals surface area contributed by atoms with Crippen molar-refractivity contribution in [3.63, 3.8) is 0 Å². The van der Waals surface area contributed by atoms with Gasteiger partial charge in [-0.1, -0.05) is 46.0 Å². The minimum Gasteiger partial charge on any atom is -0.347 e. The number of hydrogen-bond donors (Lipinski definition) is 4. The van der Waals surface area contributed by atoms with E-state index in [1.54, 1.807) is 24.3 Å². The molecule has 1 aromatic rings. The smallest absolute Gasteiger partial charge is 0.253 e. The number of nitrogens with zero attached hydrogens (tertiary/aromatic N) is 1. The molecule has 0 radical (unpaired) electrons. The lowest BCUT2D eigenvalue weighted by Crippen LogP contribution is -2.51. The third kappa shape index (κ3) is 11.4. The molecule has 0 saturated heterocycles. The van der Waals surface area contributed by atoms with Crippen molar-refractivity contribution in [3.05, 3.63) is 48.0 Å². The van der Waals surface area contributed by atoms with Crippen LogP contribution in [-0.4, -0.2) is 78.1 Å². The second-order valence-electron chi connectivity index (χ2n) is 8.52. The number of nitrogens with one attached hydrogen (secondary N) is 4. The summed E-state index contributed by atoms with van der Waals surface area (Å²) >= 11 is 0. The summed E-state index contributed by atoms with van der Waals surface area (Å²) in [4.78, 5) is 84.0. The summed E-state index contributed by atoms with van der Waals surface area (Å²) in [6.07, 6.45) is 4.52. The predicted molar refractivity (Wildman–Crippen MR) is 140 cm³/mol. The molecular formula is C25H32N5O7P. The molecule has 12 nitrogen and oxygen atoms in total. The molecule has 1 aliphatic rings. The SMILES string of the molecule is O=C(P)CNC(=O)C(Cc1ccccc1)NC(=O)CNC(=O)CNC(=O)CCCCCN1C(=O)C=CC1=O. The number of rotatable bonds is 16. The Morgan fingerprint density at radius 1 is 0.763 bits per heavy atom. The van der Waals surface area contributed by atoms with Crippen LogP contribution in [-0.2, 0) is 40.0 Å². The molecule has 1 aliphatic heterocycles. The number of unbranched alkanes of at least 4 members (excludes halogenated alkanes) is 2. The Bertz CT molecular complexity index is 1060. The van der Waals surface area contributed by atoms with Gasteiger partial charge in [0, 0.05) is 31.5 Å². The van der Waals surface area contributed by atoms with E-state index in [2.05, 4.69) is 21.3 Å². The molecule has 1 heterocycles. The molecule has 38 heavy (non-hydrogen) atoms. The lowest BCUT2D eigenvalue weighted by Gasteiger charge is -2.18. The molecule has 6 amide bonds. The Hall–Kier alpha value is -3.92. The molecule has 13 heteroatoms. The van der Waals surface area contributed by atoms with E-state index in [0.717, 1.165) is 10.5 Å². The van der Waals surface area contributed by atoms with Crippen molar-refractivity contribution >= 4 is 50.2 Å². The highest BCUT2D eigenvalue weighted by molar-refractivity contribution is 7.40. The molecular weight excluding hydrogens is 513 g/mol. The number of carbonyl (C=O) groups is 7. The third-order valence-corrected chi connectivity index (χ3v) is 5.65. The highest BCUT2D eigenvalue weighted by atomic mass is 31.0. The van der Waals surface area contributed by atoms with Gasteiger partial charge in [-0.15, -0.1) is 0 Å². The van der Waals surface area contributed by atoms with Crippen LogP contribution in [0.4, 0.5) is 0 Å². The molecule has 0 spiro atoms. The van der Waals surface area contributed by atoms with E-state index in [1.807, 2.05) is 15.3 Å². The van der Waals surface area contributed by atoms with Crippen molar-refractivity contribution in [2.24, 2.45) is 0 Å². The summed E-state index contributed by atoms with van der Waals surface area (Å²) in [6.45, 7) is -0.631. The van der Waals surface area contributed by atoms with Crippen molar-refractivity contribution < 1.29 is 33.6 Å². The molecule has 0 bridgehead atoms. The lowest BCUT2D eigenvalue weighted by atomic mass is 10.1. The zero-order valence-corrected chi connectivity index (χ0v) is 22.0. The number of amides is 6. The third-order valence-electron chi connectivity index (χ3n) is 5.45. The number of benzene rings is 1. The minimum absolute atomic E-state index is 0.170. The Morgan fingerprint density at radius 3 is 2.05 bits per heavy atom. The first-order valence-electron chi connectivity index (χ1n) is 12.1. The number of carbonyl (C=O) groups excluding carboxylic acids is 7. The van der Waals surface area contributed by atoms with Crippen molar-refractivity contribution in [3.8, 4) is 0 Å². The van der Waals surface area contributed by atoms with Crippen LogP contribution in [0.25, 0.3) is 0 Å². The van der Waals surface area contributed by atoms with E-state index in [4.69, 9.17) is 0 Å². The van der Waals surface area contributed by atoms with Gasteiger partial charge in [0.15, 0.2) is 5.52 Å². The quantitative estimate of drug-likeness (QED) is 0.117. The van der Waals surface area contributed by atoms with Crippen molar-refractivity contribution in [2.75, 3.05) is 26.2 Å². The van der Waals surface area contributed by atoms with E-state index >= 15 is 0 Å². The first-order chi connectivity index (χ1) is 18.2. The molecule has 0 fully saturated rings. The van der Waals surface area contributed by atoms with Gasteiger partial charge in [0.05, 0.1) is 19.6 Å². The first-order valence-corrected chi connectivity index (χ1v) is 12.7. The van der Waals surface area contributed by atoms with E-state index in [1.165, 1.54) is 12.2 Å². The summed E-state index contributed by atoms with van der Waals surface area (Å²) < 4.78 is 0. The van der Waals surface area contributed by atoms with Crippen LogP contribution in [0.5, 0.6) is 0 Å². The fourth-order valence-corrected chi connectivity index (χ4v) is 3.60. The van der Waals surface area contributed by atoms with Gasteiger partial charge in [-0.25, -0.2) is 0 Å². The zero-order valence-electron chi connectivity index (χ0n) is 20.9. The maximum absolute atomic E-state index is 12.5.